The summed E-state index contributed by atoms with van der Waals surface area (Å²) < 4.78 is 0. The van der Waals surface area contributed by atoms with E-state index >= 15 is 0 Å². The molecule has 1 fully saturated rings. The number of aryl methyl sites for hydroxylation is 1. The van der Waals surface area contributed by atoms with Gasteiger partial charge in [0.15, 0.2) is 5.82 Å². The van der Waals surface area contributed by atoms with Gasteiger partial charge in [-0.2, -0.15) is 0 Å². The van der Waals surface area contributed by atoms with Crippen molar-refractivity contribution in [3.63, 3.8) is 0 Å². The zero-order chi connectivity index (χ0) is 10.1. The monoisotopic (exact) mass is 191 g/mol. The molecule has 1 heterocycles. The average molecular weight is 191 g/mol. The Bertz CT molecular complexity index is 331. The average Bonchev–Trinajstić information content (AvgIpc) is 2.06. The van der Waals surface area contributed by atoms with Crippen molar-refractivity contribution in [1.29, 1.82) is 0 Å². The molecular formula is C11H17N3. The van der Waals surface area contributed by atoms with Crippen molar-refractivity contribution in [2.75, 3.05) is 17.7 Å². The molecule has 0 amide bonds. The Morgan fingerprint density at radius 1 is 1.43 bits per heavy atom. The van der Waals surface area contributed by atoms with Crippen LogP contribution in [0.3, 0.4) is 0 Å². The zero-order valence-corrected chi connectivity index (χ0v) is 8.83. The summed E-state index contributed by atoms with van der Waals surface area (Å²) >= 11 is 0. The smallest absolute Gasteiger partial charge is 0.152 e. The Hall–Kier alpha value is -1.25. The lowest BCUT2D eigenvalue weighted by Gasteiger charge is -2.36. The van der Waals surface area contributed by atoms with Gasteiger partial charge in [-0.1, -0.05) is 0 Å². The number of anilines is 2. The van der Waals surface area contributed by atoms with Gasteiger partial charge in [0.05, 0.1) is 5.69 Å². The molecule has 1 aromatic rings. The maximum absolute atomic E-state index is 5.90. The number of nitrogen functional groups attached to an aromatic ring is 1. The summed E-state index contributed by atoms with van der Waals surface area (Å²) in [6, 6.07) is 4.53. The van der Waals surface area contributed by atoms with Gasteiger partial charge in [-0.25, -0.2) is 4.98 Å². The lowest BCUT2D eigenvalue weighted by atomic mass is 9.92. The van der Waals surface area contributed by atoms with Crippen LogP contribution in [0.5, 0.6) is 0 Å². The first-order chi connectivity index (χ1) is 6.68. The molecular weight excluding hydrogens is 174 g/mol. The van der Waals surface area contributed by atoms with Crippen LogP contribution in [-0.4, -0.2) is 18.1 Å². The lowest BCUT2D eigenvalue weighted by molar-refractivity contribution is 0.399. The van der Waals surface area contributed by atoms with Crippen molar-refractivity contribution in [2.45, 2.75) is 32.2 Å². The molecule has 0 radical (unpaired) electrons. The second-order valence-corrected chi connectivity index (χ2v) is 4.06. The highest BCUT2D eigenvalue weighted by Crippen LogP contribution is 2.30. The molecule has 1 aromatic heterocycles. The number of pyridine rings is 1. The minimum Gasteiger partial charge on any atom is -0.396 e. The van der Waals surface area contributed by atoms with Crippen molar-refractivity contribution in [2.24, 2.45) is 0 Å². The summed E-state index contributed by atoms with van der Waals surface area (Å²) in [6.07, 6.45) is 3.87. The Labute approximate surface area is 84.9 Å². The van der Waals surface area contributed by atoms with Crippen LogP contribution in [-0.2, 0) is 0 Å². The number of hydrogen-bond donors (Lipinski definition) is 1. The van der Waals surface area contributed by atoms with Crippen LogP contribution in [0.25, 0.3) is 0 Å². The Kier molecular flexibility index (Phi) is 2.32. The summed E-state index contributed by atoms with van der Waals surface area (Å²) in [5, 5.41) is 0. The standard InChI is InChI=1S/C11H17N3/c1-8-6-7-10(12)11(13-8)14(2)9-4-3-5-9/h6-7,9H,3-5,12H2,1-2H3. The summed E-state index contributed by atoms with van der Waals surface area (Å²) in [5.74, 6) is 0.940. The van der Waals surface area contributed by atoms with Crippen LogP contribution in [0.2, 0.25) is 0 Å². The largest absolute Gasteiger partial charge is 0.396 e. The fourth-order valence-electron chi connectivity index (χ4n) is 1.78. The fourth-order valence-corrected chi connectivity index (χ4v) is 1.78. The van der Waals surface area contributed by atoms with Gasteiger partial charge in [-0.05, 0) is 38.3 Å². The lowest BCUT2D eigenvalue weighted by Crippen LogP contribution is -2.38. The van der Waals surface area contributed by atoms with Gasteiger partial charge >= 0.3 is 0 Å². The van der Waals surface area contributed by atoms with E-state index in [1.807, 2.05) is 19.1 Å². The third-order valence-corrected chi connectivity index (χ3v) is 3.00. The summed E-state index contributed by atoms with van der Waals surface area (Å²) in [7, 11) is 2.09. The van der Waals surface area contributed by atoms with Crippen LogP contribution >= 0.6 is 0 Å². The van der Waals surface area contributed by atoms with Crippen LogP contribution in [0.4, 0.5) is 11.5 Å². The molecule has 3 nitrogen and oxygen atoms in total. The minimum absolute atomic E-state index is 0.645. The molecule has 76 valence electrons. The predicted octanol–water partition coefficient (Wildman–Crippen LogP) is 1.96. The molecule has 1 aliphatic rings. The molecule has 0 saturated heterocycles. The molecule has 2 rings (SSSR count). The van der Waals surface area contributed by atoms with E-state index in [1.165, 1.54) is 19.3 Å². The topological polar surface area (TPSA) is 42.1 Å². The first kappa shape index (κ1) is 9.31. The normalized spacial score (nSPS) is 16.4. The molecule has 0 unspecified atom stereocenters. The highest BCUT2D eigenvalue weighted by atomic mass is 15.2. The minimum atomic E-state index is 0.645. The van der Waals surface area contributed by atoms with Gasteiger partial charge in [-0.3, -0.25) is 0 Å². The molecule has 0 atom stereocenters. The number of nitrogens with zero attached hydrogens (tertiary/aromatic N) is 2. The van der Waals surface area contributed by atoms with Gasteiger partial charge < -0.3 is 10.6 Å². The summed E-state index contributed by atoms with van der Waals surface area (Å²) in [4.78, 5) is 6.69. The first-order valence-electron chi connectivity index (χ1n) is 5.14. The van der Waals surface area contributed by atoms with E-state index in [0.717, 1.165) is 17.2 Å². The number of rotatable bonds is 2. The second-order valence-electron chi connectivity index (χ2n) is 4.06. The van der Waals surface area contributed by atoms with Gasteiger partial charge in [0.1, 0.15) is 0 Å². The molecule has 2 N–H and O–H groups in total. The number of aromatic nitrogens is 1. The molecule has 14 heavy (non-hydrogen) atoms. The fraction of sp³-hybridized carbons (Fsp3) is 0.545. The van der Waals surface area contributed by atoms with E-state index in [2.05, 4.69) is 16.9 Å². The maximum Gasteiger partial charge on any atom is 0.152 e. The molecule has 1 saturated carbocycles. The molecule has 3 heteroatoms. The van der Waals surface area contributed by atoms with E-state index < -0.39 is 0 Å². The third-order valence-electron chi connectivity index (χ3n) is 3.00. The summed E-state index contributed by atoms with van der Waals surface area (Å²) in [6.45, 7) is 2.00. The van der Waals surface area contributed by atoms with Crippen molar-refractivity contribution in [1.82, 2.24) is 4.98 Å². The summed E-state index contributed by atoms with van der Waals surface area (Å²) in [5.41, 5.74) is 7.71. The number of nitrogens with two attached hydrogens (primary N) is 1. The van der Waals surface area contributed by atoms with Gasteiger partial charge in [0.25, 0.3) is 0 Å². The molecule has 1 aliphatic carbocycles. The quantitative estimate of drug-likeness (QED) is 0.777. The van der Waals surface area contributed by atoms with E-state index in [1.54, 1.807) is 0 Å². The molecule has 0 aliphatic heterocycles. The Morgan fingerprint density at radius 3 is 2.71 bits per heavy atom. The van der Waals surface area contributed by atoms with Gasteiger partial charge in [-0.15, -0.1) is 0 Å². The van der Waals surface area contributed by atoms with Crippen molar-refractivity contribution in [3.05, 3.63) is 17.8 Å². The molecule has 0 aromatic carbocycles. The Balaban J connectivity index is 2.24. The molecule has 0 bridgehead atoms. The predicted molar refractivity (Wildman–Crippen MR) is 59.4 cm³/mol. The van der Waals surface area contributed by atoms with Crippen molar-refractivity contribution >= 4 is 11.5 Å². The van der Waals surface area contributed by atoms with Gasteiger partial charge in [0, 0.05) is 18.8 Å². The van der Waals surface area contributed by atoms with Crippen LogP contribution < -0.4 is 10.6 Å². The number of hydrogen-bond acceptors (Lipinski definition) is 3. The highest BCUT2D eigenvalue weighted by Gasteiger charge is 2.24. The third kappa shape index (κ3) is 1.54. The zero-order valence-electron chi connectivity index (χ0n) is 8.83. The second kappa shape index (κ2) is 3.48. The van der Waals surface area contributed by atoms with Crippen LogP contribution in [0.1, 0.15) is 25.0 Å². The van der Waals surface area contributed by atoms with Gasteiger partial charge in [0.2, 0.25) is 0 Å². The van der Waals surface area contributed by atoms with E-state index in [-0.39, 0.29) is 0 Å². The maximum atomic E-state index is 5.90. The van der Waals surface area contributed by atoms with Crippen LogP contribution in [0, 0.1) is 6.92 Å². The highest BCUT2D eigenvalue weighted by molar-refractivity contribution is 5.63. The SMILES string of the molecule is Cc1ccc(N)c(N(C)C2CCC2)n1. The van der Waals surface area contributed by atoms with E-state index in [4.69, 9.17) is 5.73 Å². The first-order valence-corrected chi connectivity index (χ1v) is 5.14. The Morgan fingerprint density at radius 2 is 2.14 bits per heavy atom. The van der Waals surface area contributed by atoms with Crippen LogP contribution in [0.15, 0.2) is 12.1 Å². The van der Waals surface area contributed by atoms with Crippen molar-refractivity contribution < 1.29 is 0 Å². The van der Waals surface area contributed by atoms with Crippen molar-refractivity contribution in [3.8, 4) is 0 Å². The molecule has 0 spiro atoms. The van der Waals surface area contributed by atoms with E-state index in [9.17, 15) is 0 Å². The van der Waals surface area contributed by atoms with E-state index in [0.29, 0.717) is 6.04 Å².